The van der Waals surface area contributed by atoms with Crippen molar-refractivity contribution < 1.29 is 8.42 Å². The lowest BCUT2D eigenvalue weighted by Gasteiger charge is -2.13. The van der Waals surface area contributed by atoms with Crippen LogP contribution in [0.3, 0.4) is 0 Å². The van der Waals surface area contributed by atoms with E-state index < -0.39 is 10.0 Å². The van der Waals surface area contributed by atoms with E-state index in [1.807, 2.05) is 13.0 Å². The molecule has 0 bridgehead atoms. The quantitative estimate of drug-likeness (QED) is 0.925. The molecule has 0 saturated carbocycles. The predicted molar refractivity (Wildman–Crippen MR) is 76.6 cm³/mol. The minimum atomic E-state index is -3.47. The average Bonchev–Trinajstić information content (AvgIpc) is 3.04. The maximum Gasteiger partial charge on any atom is 0.253 e. The van der Waals surface area contributed by atoms with Gasteiger partial charge in [-0.05, 0) is 18.6 Å². The van der Waals surface area contributed by atoms with Gasteiger partial charge in [0.2, 0.25) is 5.95 Å². The van der Waals surface area contributed by atoms with Gasteiger partial charge in [-0.3, -0.25) is 0 Å². The molecular weight excluding hydrogens is 296 g/mol. The molecule has 6 nitrogen and oxygen atoms in total. The summed E-state index contributed by atoms with van der Waals surface area (Å²) in [6, 6.07) is 3.53. The SMILES string of the molecule is CCc1ccc(S(=O)(=O)N2Cc3cnc(N)nc3C2)s1. The van der Waals surface area contributed by atoms with Crippen molar-refractivity contribution in [3.63, 3.8) is 0 Å². The number of aryl methyl sites for hydroxylation is 1. The summed E-state index contributed by atoms with van der Waals surface area (Å²) in [4.78, 5) is 9.06. The fourth-order valence-electron chi connectivity index (χ4n) is 2.12. The van der Waals surface area contributed by atoms with E-state index in [4.69, 9.17) is 5.73 Å². The topological polar surface area (TPSA) is 89.2 Å². The van der Waals surface area contributed by atoms with Gasteiger partial charge in [0.05, 0.1) is 12.2 Å². The Morgan fingerprint density at radius 2 is 2.20 bits per heavy atom. The van der Waals surface area contributed by atoms with Crippen LogP contribution in [0.4, 0.5) is 5.95 Å². The van der Waals surface area contributed by atoms with Crippen LogP contribution in [0.5, 0.6) is 0 Å². The fourth-order valence-corrected chi connectivity index (χ4v) is 4.95. The van der Waals surface area contributed by atoms with E-state index in [1.54, 1.807) is 12.3 Å². The molecule has 2 aromatic rings. The monoisotopic (exact) mass is 310 g/mol. The van der Waals surface area contributed by atoms with E-state index in [-0.39, 0.29) is 12.5 Å². The molecule has 2 N–H and O–H groups in total. The molecule has 20 heavy (non-hydrogen) atoms. The van der Waals surface area contributed by atoms with Crippen LogP contribution < -0.4 is 5.73 Å². The molecule has 3 rings (SSSR count). The van der Waals surface area contributed by atoms with Crippen molar-refractivity contribution >= 4 is 27.3 Å². The molecule has 0 amide bonds. The molecule has 0 spiro atoms. The van der Waals surface area contributed by atoms with E-state index in [1.165, 1.54) is 15.6 Å². The zero-order chi connectivity index (χ0) is 14.3. The number of hydrogen-bond acceptors (Lipinski definition) is 6. The van der Waals surface area contributed by atoms with Crippen molar-refractivity contribution in [3.8, 4) is 0 Å². The molecule has 0 saturated heterocycles. The number of anilines is 1. The minimum Gasteiger partial charge on any atom is -0.368 e. The number of aromatic nitrogens is 2. The van der Waals surface area contributed by atoms with Crippen LogP contribution in [-0.2, 0) is 29.5 Å². The summed E-state index contributed by atoms with van der Waals surface area (Å²) in [5.41, 5.74) is 7.03. The first-order valence-electron chi connectivity index (χ1n) is 6.20. The van der Waals surface area contributed by atoms with Gasteiger partial charge in [0.15, 0.2) is 0 Å². The number of rotatable bonds is 3. The van der Waals surface area contributed by atoms with E-state index in [0.717, 1.165) is 16.9 Å². The van der Waals surface area contributed by atoms with Crippen LogP contribution in [0.1, 0.15) is 23.1 Å². The first-order valence-corrected chi connectivity index (χ1v) is 8.45. The largest absolute Gasteiger partial charge is 0.368 e. The van der Waals surface area contributed by atoms with Crippen molar-refractivity contribution in [2.75, 3.05) is 5.73 Å². The van der Waals surface area contributed by atoms with Gasteiger partial charge in [-0.25, -0.2) is 18.4 Å². The highest BCUT2D eigenvalue weighted by molar-refractivity contribution is 7.91. The maximum absolute atomic E-state index is 12.6. The number of nitrogens with two attached hydrogens (primary N) is 1. The summed E-state index contributed by atoms with van der Waals surface area (Å²) >= 11 is 1.32. The van der Waals surface area contributed by atoms with Crippen LogP contribution in [0.2, 0.25) is 0 Å². The standard InChI is InChI=1S/C12H14N4O2S2/c1-2-9-3-4-11(19-9)20(17,18)16-6-8-5-14-12(13)15-10(8)7-16/h3-5H,2,6-7H2,1H3,(H2,13,14,15). The Morgan fingerprint density at radius 1 is 1.40 bits per heavy atom. The highest BCUT2D eigenvalue weighted by Gasteiger charge is 2.32. The maximum atomic E-state index is 12.6. The zero-order valence-electron chi connectivity index (χ0n) is 10.9. The van der Waals surface area contributed by atoms with E-state index in [2.05, 4.69) is 9.97 Å². The first-order chi connectivity index (χ1) is 9.50. The van der Waals surface area contributed by atoms with Gasteiger partial charge in [0.25, 0.3) is 10.0 Å². The molecule has 0 aromatic carbocycles. The summed E-state index contributed by atoms with van der Waals surface area (Å²) in [7, 11) is -3.47. The van der Waals surface area contributed by atoms with Crippen molar-refractivity contribution in [1.82, 2.24) is 14.3 Å². The number of thiophene rings is 1. The molecule has 3 heterocycles. The number of nitrogen functional groups attached to an aromatic ring is 1. The first kappa shape index (κ1) is 13.5. The molecule has 2 aromatic heterocycles. The van der Waals surface area contributed by atoms with E-state index in [0.29, 0.717) is 16.4 Å². The fraction of sp³-hybridized carbons (Fsp3) is 0.333. The Bertz CT molecular complexity index is 755. The van der Waals surface area contributed by atoms with Gasteiger partial charge in [-0.15, -0.1) is 11.3 Å². The molecular formula is C12H14N4O2S2. The molecule has 106 valence electrons. The molecule has 0 atom stereocenters. The van der Waals surface area contributed by atoms with Gasteiger partial charge < -0.3 is 5.73 Å². The molecule has 0 aliphatic carbocycles. The van der Waals surface area contributed by atoms with Crippen LogP contribution in [-0.4, -0.2) is 22.7 Å². The van der Waals surface area contributed by atoms with E-state index >= 15 is 0 Å². The minimum absolute atomic E-state index is 0.174. The van der Waals surface area contributed by atoms with Crippen LogP contribution in [0.15, 0.2) is 22.5 Å². The van der Waals surface area contributed by atoms with Gasteiger partial charge in [-0.1, -0.05) is 6.92 Å². The Morgan fingerprint density at radius 3 is 2.90 bits per heavy atom. The molecule has 0 fully saturated rings. The summed E-state index contributed by atoms with van der Waals surface area (Å²) in [6.07, 6.45) is 2.43. The normalized spacial score (nSPS) is 15.4. The summed E-state index contributed by atoms with van der Waals surface area (Å²) < 4.78 is 26.9. The Hall–Kier alpha value is -1.51. The highest BCUT2D eigenvalue weighted by atomic mass is 32.2. The third kappa shape index (κ3) is 2.19. The Balaban J connectivity index is 1.91. The molecule has 8 heteroatoms. The van der Waals surface area contributed by atoms with Crippen molar-refractivity contribution in [1.29, 1.82) is 0 Å². The number of sulfonamides is 1. The number of nitrogens with zero attached hydrogens (tertiary/aromatic N) is 3. The van der Waals surface area contributed by atoms with Crippen LogP contribution in [0.25, 0.3) is 0 Å². The van der Waals surface area contributed by atoms with Gasteiger partial charge in [0, 0.05) is 23.2 Å². The average molecular weight is 310 g/mol. The van der Waals surface area contributed by atoms with Crippen molar-refractivity contribution in [3.05, 3.63) is 34.5 Å². The third-order valence-electron chi connectivity index (χ3n) is 3.23. The lowest BCUT2D eigenvalue weighted by atomic mass is 10.3. The summed E-state index contributed by atoms with van der Waals surface area (Å²) in [5.74, 6) is 0.174. The van der Waals surface area contributed by atoms with Crippen LogP contribution in [0, 0.1) is 0 Å². The molecule has 0 unspecified atom stereocenters. The van der Waals surface area contributed by atoms with Gasteiger partial charge in [-0.2, -0.15) is 4.31 Å². The zero-order valence-corrected chi connectivity index (χ0v) is 12.5. The third-order valence-corrected chi connectivity index (χ3v) is 6.71. The second kappa shape index (κ2) is 4.80. The number of fused-ring (bicyclic) bond motifs is 1. The molecule has 0 radical (unpaired) electrons. The van der Waals surface area contributed by atoms with Crippen molar-refractivity contribution in [2.45, 2.75) is 30.6 Å². The molecule has 1 aliphatic rings. The lowest BCUT2D eigenvalue weighted by molar-refractivity contribution is 0.431. The molecule has 1 aliphatic heterocycles. The highest BCUT2D eigenvalue weighted by Crippen LogP contribution is 2.31. The summed E-state index contributed by atoms with van der Waals surface area (Å²) in [5, 5.41) is 0. The van der Waals surface area contributed by atoms with Crippen molar-refractivity contribution in [2.24, 2.45) is 0 Å². The second-order valence-electron chi connectivity index (χ2n) is 4.55. The van der Waals surface area contributed by atoms with Gasteiger partial charge in [0.1, 0.15) is 4.21 Å². The smallest absolute Gasteiger partial charge is 0.253 e. The van der Waals surface area contributed by atoms with Crippen LogP contribution >= 0.6 is 11.3 Å². The second-order valence-corrected chi connectivity index (χ2v) is 7.88. The lowest BCUT2D eigenvalue weighted by Crippen LogP contribution is -2.24. The Labute approximate surface area is 121 Å². The predicted octanol–water partition coefficient (Wildman–Crippen LogP) is 1.39. The Kier molecular flexibility index (Phi) is 3.23. The van der Waals surface area contributed by atoms with E-state index in [9.17, 15) is 8.42 Å². The summed E-state index contributed by atoms with van der Waals surface area (Å²) in [6.45, 7) is 2.56. The number of hydrogen-bond donors (Lipinski definition) is 1. The van der Waals surface area contributed by atoms with Gasteiger partial charge >= 0.3 is 0 Å².